The van der Waals surface area contributed by atoms with E-state index < -0.39 is 6.04 Å². The van der Waals surface area contributed by atoms with Gasteiger partial charge in [-0.15, -0.1) is 0 Å². The van der Waals surface area contributed by atoms with Crippen molar-refractivity contribution >= 4 is 11.9 Å². The average Bonchev–Trinajstić information content (AvgIpc) is 2.51. The molecule has 3 N–H and O–H groups in total. The van der Waals surface area contributed by atoms with Gasteiger partial charge in [0.05, 0.1) is 19.2 Å². The summed E-state index contributed by atoms with van der Waals surface area (Å²) in [6, 6.07) is 8.81. The number of carbonyl (C=O) groups is 2. The summed E-state index contributed by atoms with van der Waals surface area (Å²) in [7, 11) is 1.36. The van der Waals surface area contributed by atoms with Crippen LogP contribution >= 0.6 is 0 Å². The van der Waals surface area contributed by atoms with E-state index in [0.29, 0.717) is 12.8 Å². The molecule has 5 heteroatoms. The van der Waals surface area contributed by atoms with Gasteiger partial charge >= 0.3 is 5.97 Å². The number of esters is 1. The van der Waals surface area contributed by atoms with Gasteiger partial charge in [0, 0.05) is 6.42 Å². The van der Waals surface area contributed by atoms with E-state index in [2.05, 4.69) is 10.1 Å². The summed E-state index contributed by atoms with van der Waals surface area (Å²) in [6.45, 7) is 1.99. The van der Waals surface area contributed by atoms with Crippen molar-refractivity contribution in [3.8, 4) is 0 Å². The van der Waals surface area contributed by atoms with E-state index in [0.717, 1.165) is 12.0 Å². The number of nitrogens with one attached hydrogen (secondary N) is 1. The summed E-state index contributed by atoms with van der Waals surface area (Å²) in [6.07, 6.45) is 2.23. The minimum Gasteiger partial charge on any atom is -0.469 e. The first kappa shape index (κ1) is 17.2. The molecule has 116 valence electrons. The number of ether oxygens (including phenoxy) is 1. The Labute approximate surface area is 125 Å². The number of rotatable bonds is 8. The lowest BCUT2D eigenvalue weighted by atomic mass is 10.0. The molecule has 5 nitrogen and oxygen atoms in total. The van der Waals surface area contributed by atoms with Gasteiger partial charge in [0.15, 0.2) is 0 Å². The molecule has 0 fully saturated rings. The van der Waals surface area contributed by atoms with Crippen LogP contribution in [0.5, 0.6) is 0 Å². The van der Waals surface area contributed by atoms with E-state index in [-0.39, 0.29) is 24.3 Å². The van der Waals surface area contributed by atoms with Crippen LogP contribution in [-0.4, -0.2) is 25.0 Å². The van der Waals surface area contributed by atoms with Crippen molar-refractivity contribution in [1.82, 2.24) is 5.32 Å². The molecule has 1 rings (SSSR count). The molecule has 1 aromatic rings. The first-order valence-corrected chi connectivity index (χ1v) is 7.26. The second-order valence-corrected chi connectivity index (χ2v) is 4.98. The van der Waals surface area contributed by atoms with E-state index in [4.69, 9.17) is 5.73 Å². The number of carbonyl (C=O) groups excluding carboxylic acids is 2. The first-order valence-electron chi connectivity index (χ1n) is 7.26. The third kappa shape index (κ3) is 5.95. The normalized spacial score (nSPS) is 13.3. The molecule has 2 atom stereocenters. The Morgan fingerprint density at radius 1 is 1.24 bits per heavy atom. The molecule has 0 bridgehead atoms. The van der Waals surface area contributed by atoms with Crippen molar-refractivity contribution < 1.29 is 14.3 Å². The lowest BCUT2D eigenvalue weighted by Gasteiger charge is -2.21. The van der Waals surface area contributed by atoms with Crippen LogP contribution in [0, 0.1) is 0 Å². The Balaban J connectivity index is 2.72. The average molecular weight is 292 g/mol. The van der Waals surface area contributed by atoms with Gasteiger partial charge in [0.25, 0.3) is 0 Å². The van der Waals surface area contributed by atoms with Gasteiger partial charge in [0.1, 0.15) is 0 Å². The maximum absolute atomic E-state index is 12.1. The maximum atomic E-state index is 12.1. The Hall–Kier alpha value is -1.88. The van der Waals surface area contributed by atoms with Crippen molar-refractivity contribution in [1.29, 1.82) is 0 Å². The predicted octanol–water partition coefficient (Wildman–Crippen LogP) is 1.92. The fraction of sp³-hybridized carbons (Fsp3) is 0.500. The molecule has 2 unspecified atom stereocenters. The number of amides is 1. The van der Waals surface area contributed by atoms with Crippen LogP contribution in [-0.2, 0) is 14.3 Å². The van der Waals surface area contributed by atoms with E-state index in [1.54, 1.807) is 0 Å². The zero-order chi connectivity index (χ0) is 15.7. The van der Waals surface area contributed by atoms with Crippen LogP contribution in [0.2, 0.25) is 0 Å². The zero-order valence-electron chi connectivity index (χ0n) is 12.7. The second-order valence-electron chi connectivity index (χ2n) is 4.98. The molecular formula is C16H24N2O3. The molecule has 1 amide bonds. The molecule has 0 spiro atoms. The molecule has 0 saturated heterocycles. The molecule has 0 aliphatic heterocycles. The largest absolute Gasteiger partial charge is 0.469 e. The molecule has 0 saturated carbocycles. The van der Waals surface area contributed by atoms with Crippen LogP contribution in [0.1, 0.15) is 44.2 Å². The van der Waals surface area contributed by atoms with Gasteiger partial charge in [-0.1, -0.05) is 43.7 Å². The SMILES string of the molecule is CCCC(N)C(=O)NC(CCC(=O)OC)c1ccccc1. The fourth-order valence-electron chi connectivity index (χ4n) is 2.09. The Kier molecular flexibility index (Phi) is 7.46. The number of nitrogens with two attached hydrogens (primary N) is 1. The number of benzene rings is 1. The molecule has 0 heterocycles. The monoisotopic (exact) mass is 292 g/mol. The minimum atomic E-state index is -0.515. The van der Waals surface area contributed by atoms with E-state index in [1.807, 2.05) is 37.3 Å². The second kappa shape index (κ2) is 9.13. The highest BCUT2D eigenvalue weighted by atomic mass is 16.5. The highest BCUT2D eigenvalue weighted by molar-refractivity contribution is 5.82. The van der Waals surface area contributed by atoms with Crippen LogP contribution in [0.15, 0.2) is 30.3 Å². The molecule has 21 heavy (non-hydrogen) atoms. The predicted molar refractivity (Wildman–Crippen MR) is 81.5 cm³/mol. The number of hydrogen-bond donors (Lipinski definition) is 2. The summed E-state index contributed by atoms with van der Waals surface area (Å²) in [5.41, 5.74) is 6.79. The van der Waals surface area contributed by atoms with Gasteiger partial charge in [-0.25, -0.2) is 0 Å². The van der Waals surface area contributed by atoms with Crippen molar-refractivity contribution in [2.45, 2.75) is 44.7 Å². The Bertz CT molecular complexity index is 448. The van der Waals surface area contributed by atoms with Crippen molar-refractivity contribution in [3.05, 3.63) is 35.9 Å². The number of hydrogen-bond acceptors (Lipinski definition) is 4. The van der Waals surface area contributed by atoms with Gasteiger partial charge in [-0.3, -0.25) is 9.59 Å². The molecular weight excluding hydrogens is 268 g/mol. The number of methoxy groups -OCH3 is 1. The standard InChI is InChI=1S/C16H24N2O3/c1-3-7-13(17)16(20)18-14(10-11-15(19)21-2)12-8-5-4-6-9-12/h4-6,8-9,13-14H,3,7,10-11,17H2,1-2H3,(H,18,20). The Morgan fingerprint density at radius 3 is 2.48 bits per heavy atom. The third-order valence-electron chi connectivity index (χ3n) is 3.32. The van der Waals surface area contributed by atoms with Crippen LogP contribution in [0.3, 0.4) is 0 Å². The molecule has 0 aliphatic carbocycles. The summed E-state index contributed by atoms with van der Waals surface area (Å²) in [5.74, 6) is -0.474. The van der Waals surface area contributed by atoms with Crippen molar-refractivity contribution in [3.63, 3.8) is 0 Å². The van der Waals surface area contributed by atoms with Gasteiger partial charge < -0.3 is 15.8 Å². The van der Waals surface area contributed by atoms with E-state index in [9.17, 15) is 9.59 Å². The fourth-order valence-corrected chi connectivity index (χ4v) is 2.09. The minimum absolute atomic E-state index is 0.185. The summed E-state index contributed by atoms with van der Waals surface area (Å²) in [4.78, 5) is 23.4. The van der Waals surface area contributed by atoms with Crippen molar-refractivity contribution in [2.75, 3.05) is 7.11 Å². The lowest BCUT2D eigenvalue weighted by Crippen LogP contribution is -2.42. The van der Waals surface area contributed by atoms with Crippen molar-refractivity contribution in [2.24, 2.45) is 5.73 Å². The topological polar surface area (TPSA) is 81.4 Å². The highest BCUT2D eigenvalue weighted by Gasteiger charge is 2.19. The summed E-state index contributed by atoms with van der Waals surface area (Å²) < 4.78 is 4.65. The zero-order valence-corrected chi connectivity index (χ0v) is 12.7. The lowest BCUT2D eigenvalue weighted by molar-refractivity contribution is -0.141. The third-order valence-corrected chi connectivity index (χ3v) is 3.32. The summed E-state index contributed by atoms with van der Waals surface area (Å²) in [5, 5.41) is 2.93. The quantitative estimate of drug-likeness (QED) is 0.717. The smallest absolute Gasteiger partial charge is 0.305 e. The van der Waals surface area contributed by atoms with Gasteiger partial charge in [-0.05, 0) is 18.4 Å². The van der Waals surface area contributed by atoms with E-state index in [1.165, 1.54) is 7.11 Å². The maximum Gasteiger partial charge on any atom is 0.305 e. The molecule has 0 aromatic heterocycles. The molecule has 0 radical (unpaired) electrons. The van der Waals surface area contributed by atoms with Crippen LogP contribution in [0.4, 0.5) is 0 Å². The summed E-state index contributed by atoms with van der Waals surface area (Å²) >= 11 is 0. The first-order chi connectivity index (χ1) is 10.1. The Morgan fingerprint density at radius 2 is 1.90 bits per heavy atom. The molecule has 0 aliphatic rings. The van der Waals surface area contributed by atoms with Gasteiger partial charge in [0.2, 0.25) is 5.91 Å². The van der Waals surface area contributed by atoms with Crippen LogP contribution < -0.4 is 11.1 Å². The van der Waals surface area contributed by atoms with Crippen LogP contribution in [0.25, 0.3) is 0 Å². The molecule has 1 aromatic carbocycles. The van der Waals surface area contributed by atoms with E-state index >= 15 is 0 Å². The highest BCUT2D eigenvalue weighted by Crippen LogP contribution is 2.19. The van der Waals surface area contributed by atoms with Gasteiger partial charge in [-0.2, -0.15) is 0 Å².